The molecule has 17 heavy (non-hydrogen) atoms. The number of nitrogens with zero attached hydrogens (tertiary/aromatic N) is 2. The molecule has 0 aliphatic heterocycles. The molecule has 0 spiro atoms. The van der Waals surface area contributed by atoms with Crippen LogP contribution >= 0.6 is 11.8 Å². The molecular formula is C11H19N3O2S. The standard InChI is InChI=1S/C11H19N3O2S/c1-7(2)16-5-9(15)6-17-11-12-10(13-14-11)8-3-4-8/h7-9,15H,3-6H2,1-2H3,(H,12,13,14). The van der Waals surface area contributed by atoms with E-state index in [1.54, 1.807) is 0 Å². The molecule has 6 heteroatoms. The van der Waals surface area contributed by atoms with Gasteiger partial charge in [0.15, 0.2) is 0 Å². The van der Waals surface area contributed by atoms with Crippen LogP contribution in [0.5, 0.6) is 0 Å². The summed E-state index contributed by atoms with van der Waals surface area (Å²) >= 11 is 1.46. The summed E-state index contributed by atoms with van der Waals surface area (Å²) in [5.41, 5.74) is 0. The molecular weight excluding hydrogens is 238 g/mol. The summed E-state index contributed by atoms with van der Waals surface area (Å²) in [5.74, 6) is 2.14. The van der Waals surface area contributed by atoms with Crippen molar-refractivity contribution in [2.45, 2.75) is 50.0 Å². The van der Waals surface area contributed by atoms with Crippen LogP contribution in [-0.2, 0) is 4.74 Å². The highest BCUT2D eigenvalue weighted by atomic mass is 32.2. The minimum atomic E-state index is -0.467. The van der Waals surface area contributed by atoms with Gasteiger partial charge in [-0.25, -0.2) is 4.98 Å². The molecule has 0 saturated heterocycles. The molecule has 1 aromatic heterocycles. The van der Waals surface area contributed by atoms with E-state index in [9.17, 15) is 5.11 Å². The molecule has 1 aliphatic rings. The van der Waals surface area contributed by atoms with Crippen LogP contribution in [0.25, 0.3) is 0 Å². The second-order valence-corrected chi connectivity index (χ2v) is 5.61. The highest BCUT2D eigenvalue weighted by Gasteiger charge is 2.27. The number of thioether (sulfide) groups is 1. The van der Waals surface area contributed by atoms with Crippen molar-refractivity contribution in [1.82, 2.24) is 15.2 Å². The lowest BCUT2D eigenvalue weighted by atomic mass is 10.4. The van der Waals surface area contributed by atoms with E-state index < -0.39 is 6.10 Å². The zero-order valence-corrected chi connectivity index (χ0v) is 11.0. The van der Waals surface area contributed by atoms with Gasteiger partial charge in [-0.2, -0.15) is 0 Å². The van der Waals surface area contributed by atoms with Gasteiger partial charge in [-0.05, 0) is 26.7 Å². The van der Waals surface area contributed by atoms with Gasteiger partial charge in [0.05, 0.1) is 18.8 Å². The summed E-state index contributed by atoms with van der Waals surface area (Å²) in [7, 11) is 0. The number of ether oxygens (including phenoxy) is 1. The van der Waals surface area contributed by atoms with Crippen molar-refractivity contribution < 1.29 is 9.84 Å². The third kappa shape index (κ3) is 4.29. The van der Waals surface area contributed by atoms with E-state index in [2.05, 4.69) is 15.2 Å². The van der Waals surface area contributed by atoms with E-state index in [1.165, 1.54) is 24.6 Å². The Morgan fingerprint density at radius 1 is 1.53 bits per heavy atom. The van der Waals surface area contributed by atoms with Crippen LogP contribution in [0.15, 0.2) is 5.16 Å². The van der Waals surface area contributed by atoms with E-state index in [4.69, 9.17) is 4.74 Å². The average Bonchev–Trinajstić information content (AvgIpc) is 3.04. The lowest BCUT2D eigenvalue weighted by Gasteiger charge is -2.11. The van der Waals surface area contributed by atoms with Crippen LogP contribution in [0.3, 0.4) is 0 Å². The van der Waals surface area contributed by atoms with Crippen LogP contribution < -0.4 is 0 Å². The molecule has 0 radical (unpaired) electrons. The Morgan fingerprint density at radius 3 is 2.94 bits per heavy atom. The Kier molecular flexibility index (Phi) is 4.42. The van der Waals surface area contributed by atoms with Gasteiger partial charge >= 0.3 is 0 Å². The smallest absolute Gasteiger partial charge is 0.208 e. The zero-order chi connectivity index (χ0) is 12.3. The molecule has 1 heterocycles. The number of aliphatic hydroxyl groups is 1. The second kappa shape index (κ2) is 5.84. The first-order valence-corrected chi connectivity index (χ1v) is 6.98. The zero-order valence-electron chi connectivity index (χ0n) is 10.2. The molecule has 0 aromatic carbocycles. The van der Waals surface area contributed by atoms with Crippen molar-refractivity contribution >= 4 is 11.8 Å². The lowest BCUT2D eigenvalue weighted by Crippen LogP contribution is -2.20. The van der Waals surface area contributed by atoms with Crippen molar-refractivity contribution in [1.29, 1.82) is 0 Å². The Morgan fingerprint density at radius 2 is 2.29 bits per heavy atom. The first kappa shape index (κ1) is 12.9. The van der Waals surface area contributed by atoms with Gasteiger partial charge < -0.3 is 9.84 Å². The van der Waals surface area contributed by atoms with Crippen LogP contribution in [0.1, 0.15) is 38.4 Å². The Labute approximate surface area is 105 Å². The van der Waals surface area contributed by atoms with Gasteiger partial charge in [0, 0.05) is 11.7 Å². The van der Waals surface area contributed by atoms with Gasteiger partial charge in [-0.1, -0.05) is 11.8 Å². The number of hydrogen-bond acceptors (Lipinski definition) is 5. The lowest BCUT2D eigenvalue weighted by molar-refractivity contribution is 0.0152. The molecule has 2 N–H and O–H groups in total. The fourth-order valence-electron chi connectivity index (χ4n) is 1.38. The second-order valence-electron chi connectivity index (χ2n) is 4.62. The fourth-order valence-corrected chi connectivity index (χ4v) is 2.10. The van der Waals surface area contributed by atoms with Crippen LogP contribution in [-0.4, -0.2) is 44.9 Å². The van der Waals surface area contributed by atoms with Crippen LogP contribution in [0.4, 0.5) is 0 Å². The molecule has 1 aromatic rings. The maximum Gasteiger partial charge on any atom is 0.208 e. The van der Waals surface area contributed by atoms with Crippen molar-refractivity contribution in [3.8, 4) is 0 Å². The van der Waals surface area contributed by atoms with Gasteiger partial charge in [0.1, 0.15) is 5.82 Å². The normalized spacial score (nSPS) is 17.6. The fraction of sp³-hybridized carbons (Fsp3) is 0.818. The number of aromatic amines is 1. The predicted octanol–water partition coefficient (Wildman–Crippen LogP) is 1.56. The molecule has 2 rings (SSSR count). The first-order chi connectivity index (χ1) is 8.15. The van der Waals surface area contributed by atoms with Crippen molar-refractivity contribution in [2.75, 3.05) is 12.4 Å². The Hall–Kier alpha value is -0.590. The first-order valence-electron chi connectivity index (χ1n) is 6.00. The molecule has 1 unspecified atom stereocenters. The summed E-state index contributed by atoms with van der Waals surface area (Å²) in [6.45, 7) is 4.28. The SMILES string of the molecule is CC(C)OCC(O)CSc1n[nH]c(C2CC2)n1. The van der Waals surface area contributed by atoms with Gasteiger partial charge in [0.25, 0.3) is 0 Å². The molecule has 5 nitrogen and oxygen atoms in total. The molecule has 1 aliphatic carbocycles. The summed E-state index contributed by atoms with van der Waals surface area (Å²) in [6.07, 6.45) is 2.11. The summed E-state index contributed by atoms with van der Waals surface area (Å²) in [6, 6.07) is 0. The maximum absolute atomic E-state index is 9.68. The van der Waals surface area contributed by atoms with E-state index in [0.717, 1.165) is 11.0 Å². The van der Waals surface area contributed by atoms with E-state index in [0.29, 0.717) is 18.3 Å². The van der Waals surface area contributed by atoms with E-state index >= 15 is 0 Å². The average molecular weight is 257 g/mol. The third-order valence-corrected chi connectivity index (χ3v) is 3.47. The molecule has 0 bridgehead atoms. The number of aromatic nitrogens is 3. The monoisotopic (exact) mass is 257 g/mol. The van der Waals surface area contributed by atoms with Gasteiger partial charge in [-0.3, -0.25) is 5.10 Å². The number of aliphatic hydroxyl groups excluding tert-OH is 1. The minimum Gasteiger partial charge on any atom is -0.390 e. The number of H-pyrrole nitrogens is 1. The minimum absolute atomic E-state index is 0.152. The highest BCUT2D eigenvalue weighted by Crippen LogP contribution is 2.38. The topological polar surface area (TPSA) is 71.0 Å². The number of nitrogens with one attached hydrogen (secondary N) is 1. The van der Waals surface area contributed by atoms with Crippen LogP contribution in [0.2, 0.25) is 0 Å². The van der Waals surface area contributed by atoms with Crippen LogP contribution in [0, 0.1) is 0 Å². The maximum atomic E-state index is 9.68. The summed E-state index contributed by atoms with van der Waals surface area (Å²) in [4.78, 5) is 4.38. The Bertz CT molecular complexity index is 352. The summed E-state index contributed by atoms with van der Waals surface area (Å²) < 4.78 is 5.33. The van der Waals surface area contributed by atoms with Gasteiger partial charge in [-0.15, -0.1) is 5.10 Å². The predicted molar refractivity (Wildman–Crippen MR) is 66.2 cm³/mol. The van der Waals surface area contributed by atoms with E-state index in [1.807, 2.05) is 13.8 Å². The van der Waals surface area contributed by atoms with E-state index in [-0.39, 0.29) is 6.10 Å². The quantitative estimate of drug-likeness (QED) is 0.725. The molecule has 1 fully saturated rings. The molecule has 0 amide bonds. The molecule has 1 atom stereocenters. The van der Waals surface area contributed by atoms with Gasteiger partial charge in [0.2, 0.25) is 5.16 Å². The summed E-state index contributed by atoms with van der Waals surface area (Å²) in [5, 5.41) is 17.5. The number of rotatable bonds is 7. The van der Waals surface area contributed by atoms with Crippen molar-refractivity contribution in [3.05, 3.63) is 5.82 Å². The van der Waals surface area contributed by atoms with Crippen molar-refractivity contribution in [2.24, 2.45) is 0 Å². The Balaban J connectivity index is 1.69. The largest absolute Gasteiger partial charge is 0.390 e. The molecule has 1 saturated carbocycles. The van der Waals surface area contributed by atoms with Crippen molar-refractivity contribution in [3.63, 3.8) is 0 Å². The molecule has 96 valence electrons. The third-order valence-electron chi connectivity index (χ3n) is 2.47. The number of hydrogen-bond donors (Lipinski definition) is 2. The highest BCUT2D eigenvalue weighted by molar-refractivity contribution is 7.99.